The molecular weight excluding hydrogens is 403 g/mol. The van der Waals surface area contributed by atoms with Crippen LogP contribution >= 0.6 is 23.2 Å². The highest BCUT2D eigenvalue weighted by molar-refractivity contribution is 6.34. The Hall–Kier alpha value is -3.09. The van der Waals surface area contributed by atoms with Gasteiger partial charge < -0.3 is 9.73 Å². The zero-order valence-corrected chi connectivity index (χ0v) is 16.1. The Morgan fingerprint density at radius 2 is 1.89 bits per heavy atom. The standard InChI is InChI=1S/C20H14Cl2N2O4/c1-12-2-3-13(10-16(12)21)19-8-5-15(28-19)6-9-20(25)23-18-7-4-14(24(26)27)11-17(18)22/h2-11H,1H3,(H,23,25). The van der Waals surface area contributed by atoms with Crippen molar-refractivity contribution in [3.63, 3.8) is 0 Å². The number of non-ortho nitro benzene ring substituents is 1. The van der Waals surface area contributed by atoms with Gasteiger partial charge >= 0.3 is 0 Å². The Kier molecular flexibility index (Phi) is 5.82. The number of anilines is 1. The van der Waals surface area contributed by atoms with Gasteiger partial charge in [0, 0.05) is 28.8 Å². The molecule has 0 spiro atoms. The highest BCUT2D eigenvalue weighted by atomic mass is 35.5. The van der Waals surface area contributed by atoms with Crippen molar-refractivity contribution >= 4 is 46.6 Å². The van der Waals surface area contributed by atoms with E-state index in [4.69, 9.17) is 27.6 Å². The molecule has 0 aliphatic carbocycles. The smallest absolute Gasteiger partial charge is 0.271 e. The minimum atomic E-state index is -0.562. The molecule has 2 aromatic carbocycles. The molecule has 0 aliphatic heterocycles. The van der Waals surface area contributed by atoms with Crippen molar-refractivity contribution in [2.45, 2.75) is 6.92 Å². The molecule has 28 heavy (non-hydrogen) atoms. The summed E-state index contributed by atoms with van der Waals surface area (Å²) in [5.74, 6) is 0.657. The van der Waals surface area contributed by atoms with Gasteiger partial charge in [-0.2, -0.15) is 0 Å². The van der Waals surface area contributed by atoms with Gasteiger partial charge in [0.15, 0.2) is 0 Å². The molecule has 1 amide bonds. The summed E-state index contributed by atoms with van der Waals surface area (Å²) in [6, 6.07) is 12.9. The number of carbonyl (C=O) groups excluding carboxylic acids is 1. The number of nitro groups is 1. The molecule has 0 atom stereocenters. The number of rotatable bonds is 5. The number of halogens is 2. The summed E-state index contributed by atoms with van der Waals surface area (Å²) >= 11 is 12.1. The fourth-order valence-corrected chi connectivity index (χ4v) is 2.80. The first-order valence-corrected chi connectivity index (χ1v) is 8.88. The van der Waals surface area contributed by atoms with Crippen LogP contribution in [0.2, 0.25) is 10.0 Å². The Labute approximate surface area is 170 Å². The van der Waals surface area contributed by atoms with E-state index in [9.17, 15) is 14.9 Å². The molecule has 1 heterocycles. The van der Waals surface area contributed by atoms with E-state index in [1.807, 2.05) is 25.1 Å². The molecule has 0 saturated carbocycles. The van der Waals surface area contributed by atoms with Gasteiger partial charge in [-0.05, 0) is 42.8 Å². The van der Waals surface area contributed by atoms with E-state index in [0.717, 1.165) is 11.1 Å². The second kappa shape index (κ2) is 8.29. The Morgan fingerprint density at radius 3 is 2.57 bits per heavy atom. The summed E-state index contributed by atoms with van der Waals surface area (Å²) in [5, 5.41) is 14.0. The van der Waals surface area contributed by atoms with Crippen molar-refractivity contribution in [3.05, 3.63) is 86.1 Å². The molecule has 0 bridgehead atoms. The van der Waals surface area contributed by atoms with E-state index in [0.29, 0.717) is 16.5 Å². The summed E-state index contributed by atoms with van der Waals surface area (Å²) in [5.41, 5.74) is 1.92. The molecule has 3 aromatic rings. The molecule has 1 aromatic heterocycles. The maximum absolute atomic E-state index is 12.1. The van der Waals surface area contributed by atoms with Crippen molar-refractivity contribution in [2.75, 3.05) is 5.32 Å². The van der Waals surface area contributed by atoms with Crippen LogP contribution in [0.5, 0.6) is 0 Å². The molecule has 0 saturated heterocycles. The molecule has 0 fully saturated rings. The monoisotopic (exact) mass is 416 g/mol. The van der Waals surface area contributed by atoms with E-state index < -0.39 is 10.8 Å². The van der Waals surface area contributed by atoms with Crippen LogP contribution in [0.1, 0.15) is 11.3 Å². The van der Waals surface area contributed by atoms with E-state index in [1.54, 1.807) is 12.1 Å². The fraction of sp³-hybridized carbons (Fsp3) is 0.0500. The number of furan rings is 1. The van der Waals surface area contributed by atoms with Crippen LogP contribution in [-0.2, 0) is 4.79 Å². The van der Waals surface area contributed by atoms with Gasteiger partial charge in [0.05, 0.1) is 15.6 Å². The van der Waals surface area contributed by atoms with E-state index in [-0.39, 0.29) is 16.4 Å². The average Bonchev–Trinajstić information content (AvgIpc) is 3.13. The number of nitrogens with one attached hydrogen (secondary N) is 1. The fourth-order valence-electron chi connectivity index (χ4n) is 2.39. The highest BCUT2D eigenvalue weighted by Gasteiger charge is 2.11. The minimum absolute atomic E-state index is 0.0764. The van der Waals surface area contributed by atoms with Gasteiger partial charge in [0.1, 0.15) is 11.5 Å². The van der Waals surface area contributed by atoms with Crippen LogP contribution in [0.4, 0.5) is 11.4 Å². The van der Waals surface area contributed by atoms with Crippen LogP contribution in [0.15, 0.2) is 59.0 Å². The van der Waals surface area contributed by atoms with Gasteiger partial charge in [-0.15, -0.1) is 0 Å². The Bertz CT molecular complexity index is 1090. The number of hydrogen-bond donors (Lipinski definition) is 1. The Morgan fingerprint density at radius 1 is 1.11 bits per heavy atom. The molecule has 8 heteroatoms. The second-order valence-corrected chi connectivity index (χ2v) is 6.72. The topological polar surface area (TPSA) is 85.4 Å². The number of benzene rings is 2. The molecular formula is C20H14Cl2N2O4. The molecule has 0 unspecified atom stereocenters. The number of nitrogens with zero attached hydrogens (tertiary/aromatic N) is 1. The largest absolute Gasteiger partial charge is 0.457 e. The lowest BCUT2D eigenvalue weighted by Gasteiger charge is -2.04. The van der Waals surface area contributed by atoms with Crippen molar-refractivity contribution < 1.29 is 14.1 Å². The molecule has 1 N–H and O–H groups in total. The van der Waals surface area contributed by atoms with Crippen molar-refractivity contribution in [2.24, 2.45) is 0 Å². The lowest BCUT2D eigenvalue weighted by Crippen LogP contribution is -2.08. The summed E-state index contributed by atoms with van der Waals surface area (Å²) in [6.45, 7) is 1.91. The van der Waals surface area contributed by atoms with E-state index >= 15 is 0 Å². The number of amides is 1. The summed E-state index contributed by atoms with van der Waals surface area (Å²) in [6.07, 6.45) is 2.79. The summed E-state index contributed by atoms with van der Waals surface area (Å²) in [4.78, 5) is 22.2. The SMILES string of the molecule is Cc1ccc(-c2ccc(C=CC(=O)Nc3ccc([N+](=O)[O-])cc3Cl)o2)cc1Cl. The first-order chi connectivity index (χ1) is 13.3. The minimum Gasteiger partial charge on any atom is -0.457 e. The van der Waals surface area contributed by atoms with Gasteiger partial charge in [0.25, 0.3) is 5.69 Å². The highest BCUT2D eigenvalue weighted by Crippen LogP contribution is 2.28. The van der Waals surface area contributed by atoms with Crippen molar-refractivity contribution in [1.29, 1.82) is 0 Å². The zero-order chi connectivity index (χ0) is 20.3. The lowest BCUT2D eigenvalue weighted by molar-refractivity contribution is -0.384. The van der Waals surface area contributed by atoms with E-state index in [1.165, 1.54) is 30.4 Å². The summed E-state index contributed by atoms with van der Waals surface area (Å²) in [7, 11) is 0. The van der Waals surface area contributed by atoms with Crippen LogP contribution < -0.4 is 5.32 Å². The Balaban J connectivity index is 1.69. The zero-order valence-electron chi connectivity index (χ0n) is 14.6. The predicted molar refractivity (Wildman–Crippen MR) is 110 cm³/mol. The quantitative estimate of drug-likeness (QED) is 0.308. The third-order valence-corrected chi connectivity index (χ3v) is 4.62. The molecule has 3 rings (SSSR count). The van der Waals surface area contributed by atoms with Crippen LogP contribution in [0.25, 0.3) is 17.4 Å². The average molecular weight is 417 g/mol. The van der Waals surface area contributed by atoms with Gasteiger partial charge in [-0.3, -0.25) is 14.9 Å². The van der Waals surface area contributed by atoms with Crippen LogP contribution in [0.3, 0.4) is 0 Å². The van der Waals surface area contributed by atoms with Crippen LogP contribution in [0, 0.1) is 17.0 Å². The summed E-state index contributed by atoms with van der Waals surface area (Å²) < 4.78 is 5.70. The maximum Gasteiger partial charge on any atom is 0.271 e. The number of hydrogen-bond acceptors (Lipinski definition) is 4. The number of aryl methyl sites for hydroxylation is 1. The van der Waals surface area contributed by atoms with Crippen molar-refractivity contribution in [3.8, 4) is 11.3 Å². The second-order valence-electron chi connectivity index (χ2n) is 5.91. The third kappa shape index (κ3) is 4.60. The molecule has 0 aliphatic rings. The predicted octanol–water partition coefficient (Wildman–Crippen LogP) is 6.12. The molecule has 6 nitrogen and oxygen atoms in total. The maximum atomic E-state index is 12.1. The van der Waals surface area contributed by atoms with Gasteiger partial charge in [-0.25, -0.2) is 0 Å². The lowest BCUT2D eigenvalue weighted by atomic mass is 10.1. The molecule has 142 valence electrons. The van der Waals surface area contributed by atoms with Gasteiger partial charge in [-0.1, -0.05) is 35.3 Å². The van der Waals surface area contributed by atoms with E-state index in [2.05, 4.69) is 5.32 Å². The number of carbonyl (C=O) groups is 1. The normalized spacial score (nSPS) is 11.0. The third-order valence-electron chi connectivity index (χ3n) is 3.90. The van der Waals surface area contributed by atoms with Gasteiger partial charge in [0.2, 0.25) is 5.91 Å². The number of nitro benzene ring substituents is 1. The molecule has 0 radical (unpaired) electrons. The first-order valence-electron chi connectivity index (χ1n) is 8.13. The van der Waals surface area contributed by atoms with Crippen molar-refractivity contribution in [1.82, 2.24) is 0 Å². The first kappa shape index (κ1) is 19.7. The van der Waals surface area contributed by atoms with Crippen LogP contribution in [-0.4, -0.2) is 10.8 Å².